The lowest BCUT2D eigenvalue weighted by Crippen LogP contribution is -2.40. The van der Waals surface area contributed by atoms with Crippen molar-refractivity contribution in [2.75, 3.05) is 33.3 Å². The molecule has 4 rings (SSSR count). The maximum absolute atomic E-state index is 12.7. The van der Waals surface area contributed by atoms with E-state index in [-0.39, 0.29) is 11.8 Å². The highest BCUT2D eigenvalue weighted by Crippen LogP contribution is 2.21. The Bertz CT molecular complexity index is 855. The molecular formula is C26H35N3O2. The Hall–Kier alpha value is -2.37. The number of hydrogen-bond donors (Lipinski definition) is 1. The van der Waals surface area contributed by atoms with Gasteiger partial charge in [0.1, 0.15) is 5.75 Å². The number of methoxy groups -OCH3 is 1. The number of nitrogens with one attached hydrogen (secondary N) is 1. The zero-order valence-electron chi connectivity index (χ0n) is 18.7. The van der Waals surface area contributed by atoms with Crippen LogP contribution in [0.15, 0.2) is 48.5 Å². The van der Waals surface area contributed by atoms with Crippen molar-refractivity contribution < 1.29 is 9.53 Å². The molecule has 1 N–H and O–H groups in total. The molecule has 2 fully saturated rings. The zero-order valence-corrected chi connectivity index (χ0v) is 18.7. The lowest BCUT2D eigenvalue weighted by atomic mass is 9.95. The maximum atomic E-state index is 12.7. The molecule has 31 heavy (non-hydrogen) atoms. The molecule has 5 nitrogen and oxygen atoms in total. The first-order valence-electron chi connectivity index (χ1n) is 11.6. The molecule has 166 valence electrons. The van der Waals surface area contributed by atoms with E-state index in [1.165, 1.54) is 42.6 Å². The molecular weight excluding hydrogens is 386 g/mol. The van der Waals surface area contributed by atoms with E-state index in [0.29, 0.717) is 6.54 Å². The van der Waals surface area contributed by atoms with Crippen molar-refractivity contribution in [3.8, 4) is 5.75 Å². The van der Waals surface area contributed by atoms with Crippen LogP contribution in [0.2, 0.25) is 0 Å². The summed E-state index contributed by atoms with van der Waals surface area (Å²) in [5.74, 6) is 1.22. The van der Waals surface area contributed by atoms with Gasteiger partial charge < -0.3 is 10.1 Å². The van der Waals surface area contributed by atoms with Crippen LogP contribution in [0.5, 0.6) is 5.75 Å². The van der Waals surface area contributed by atoms with Gasteiger partial charge in [-0.05, 0) is 80.7 Å². The molecule has 2 aliphatic rings. The van der Waals surface area contributed by atoms with Gasteiger partial charge in [0, 0.05) is 25.6 Å². The molecule has 0 unspecified atom stereocenters. The number of hydrogen-bond acceptors (Lipinski definition) is 4. The molecule has 0 aliphatic carbocycles. The number of carbonyl (C=O) groups excluding carboxylic acids is 1. The van der Waals surface area contributed by atoms with Gasteiger partial charge in [-0.3, -0.25) is 14.6 Å². The quantitative estimate of drug-likeness (QED) is 0.704. The summed E-state index contributed by atoms with van der Waals surface area (Å²) in [4.78, 5) is 17.7. The molecule has 2 heterocycles. The topological polar surface area (TPSA) is 44.8 Å². The van der Waals surface area contributed by atoms with Crippen LogP contribution in [0.25, 0.3) is 0 Å². The molecule has 5 heteroatoms. The monoisotopic (exact) mass is 421 g/mol. The molecule has 0 radical (unpaired) electrons. The molecule has 2 aromatic rings. The predicted octanol–water partition coefficient (Wildman–Crippen LogP) is 3.82. The van der Waals surface area contributed by atoms with E-state index < -0.39 is 0 Å². The summed E-state index contributed by atoms with van der Waals surface area (Å²) in [7, 11) is 1.70. The number of benzene rings is 2. The Morgan fingerprint density at radius 3 is 2.23 bits per heavy atom. The zero-order chi connectivity index (χ0) is 21.5. The summed E-state index contributed by atoms with van der Waals surface area (Å²) < 4.78 is 5.32. The fourth-order valence-corrected chi connectivity index (χ4v) is 4.75. The van der Waals surface area contributed by atoms with Gasteiger partial charge >= 0.3 is 0 Å². The number of nitrogens with zero attached hydrogens (tertiary/aromatic N) is 2. The molecule has 0 spiro atoms. The summed E-state index contributed by atoms with van der Waals surface area (Å²) in [5, 5.41) is 3.18. The lowest BCUT2D eigenvalue weighted by Gasteiger charge is -2.31. The van der Waals surface area contributed by atoms with Crippen LogP contribution in [0.1, 0.15) is 42.4 Å². The molecule has 0 aromatic heterocycles. The summed E-state index contributed by atoms with van der Waals surface area (Å²) >= 11 is 0. The second kappa shape index (κ2) is 10.8. The van der Waals surface area contributed by atoms with Gasteiger partial charge in [0.2, 0.25) is 5.91 Å². The van der Waals surface area contributed by atoms with Crippen LogP contribution in [0, 0.1) is 5.92 Å². The SMILES string of the molecule is COc1cccc(CN2CCC(C(=O)NCc3cccc(CN4CCCC4)c3)CC2)c1. The smallest absolute Gasteiger partial charge is 0.223 e. The van der Waals surface area contributed by atoms with E-state index in [9.17, 15) is 4.79 Å². The third-order valence-corrected chi connectivity index (χ3v) is 6.56. The predicted molar refractivity (Wildman–Crippen MR) is 124 cm³/mol. The van der Waals surface area contributed by atoms with Crippen LogP contribution < -0.4 is 10.1 Å². The number of piperidine rings is 1. The number of ether oxygens (including phenoxy) is 1. The fourth-order valence-electron chi connectivity index (χ4n) is 4.75. The Morgan fingerprint density at radius 2 is 1.52 bits per heavy atom. The van der Waals surface area contributed by atoms with Crippen LogP contribution in [-0.4, -0.2) is 49.0 Å². The van der Waals surface area contributed by atoms with Crippen molar-refractivity contribution >= 4 is 5.91 Å². The highest BCUT2D eigenvalue weighted by molar-refractivity contribution is 5.78. The van der Waals surface area contributed by atoms with Gasteiger partial charge in [-0.1, -0.05) is 36.4 Å². The number of likely N-dealkylation sites (tertiary alicyclic amines) is 2. The average molecular weight is 422 g/mol. The van der Waals surface area contributed by atoms with Gasteiger partial charge in [0.25, 0.3) is 0 Å². The van der Waals surface area contributed by atoms with Crippen molar-refractivity contribution in [2.45, 2.75) is 45.3 Å². The van der Waals surface area contributed by atoms with Crippen LogP contribution in [0.4, 0.5) is 0 Å². The first-order valence-corrected chi connectivity index (χ1v) is 11.6. The molecule has 1 amide bonds. The van der Waals surface area contributed by atoms with E-state index in [4.69, 9.17) is 4.74 Å². The fraction of sp³-hybridized carbons (Fsp3) is 0.500. The molecule has 0 bridgehead atoms. The number of carbonyl (C=O) groups is 1. The minimum Gasteiger partial charge on any atom is -0.497 e. The minimum atomic E-state index is 0.120. The van der Waals surface area contributed by atoms with Gasteiger partial charge in [-0.25, -0.2) is 0 Å². The standard InChI is InChI=1S/C26H35N3O2/c1-31-25-9-5-8-23(17-25)20-29-14-10-24(11-15-29)26(30)27-18-21-6-4-7-22(16-21)19-28-12-2-3-13-28/h4-9,16-17,24H,2-3,10-15,18-20H2,1H3,(H,27,30). The summed E-state index contributed by atoms with van der Waals surface area (Å²) in [6.45, 7) is 6.88. The average Bonchev–Trinajstić information content (AvgIpc) is 3.31. The van der Waals surface area contributed by atoms with E-state index in [1.54, 1.807) is 7.11 Å². The Kier molecular flexibility index (Phi) is 7.60. The van der Waals surface area contributed by atoms with E-state index in [0.717, 1.165) is 44.8 Å². The van der Waals surface area contributed by atoms with E-state index in [2.05, 4.69) is 51.5 Å². The highest BCUT2D eigenvalue weighted by Gasteiger charge is 2.24. The van der Waals surface area contributed by atoms with Gasteiger partial charge in [-0.2, -0.15) is 0 Å². The number of rotatable bonds is 8. The summed E-state index contributed by atoms with van der Waals surface area (Å²) in [6, 6.07) is 16.9. The van der Waals surface area contributed by atoms with Gasteiger partial charge in [-0.15, -0.1) is 0 Å². The van der Waals surface area contributed by atoms with Crippen molar-refractivity contribution in [3.63, 3.8) is 0 Å². The van der Waals surface area contributed by atoms with Gasteiger partial charge in [0.05, 0.1) is 7.11 Å². The Balaban J connectivity index is 1.21. The lowest BCUT2D eigenvalue weighted by molar-refractivity contribution is -0.126. The van der Waals surface area contributed by atoms with Crippen LogP contribution >= 0.6 is 0 Å². The second-order valence-electron chi connectivity index (χ2n) is 8.92. The molecule has 2 aromatic carbocycles. The first kappa shape index (κ1) is 21.8. The normalized spacial score (nSPS) is 18.2. The highest BCUT2D eigenvalue weighted by atomic mass is 16.5. The molecule has 2 saturated heterocycles. The largest absolute Gasteiger partial charge is 0.497 e. The summed E-state index contributed by atoms with van der Waals surface area (Å²) in [5.41, 5.74) is 3.80. The van der Waals surface area contributed by atoms with Crippen LogP contribution in [-0.2, 0) is 24.4 Å². The number of amides is 1. The van der Waals surface area contributed by atoms with Crippen molar-refractivity contribution in [1.29, 1.82) is 0 Å². The molecule has 2 aliphatic heterocycles. The molecule has 0 saturated carbocycles. The van der Waals surface area contributed by atoms with E-state index >= 15 is 0 Å². The second-order valence-corrected chi connectivity index (χ2v) is 8.92. The maximum Gasteiger partial charge on any atom is 0.223 e. The third kappa shape index (κ3) is 6.31. The summed E-state index contributed by atoms with van der Waals surface area (Å²) in [6.07, 6.45) is 4.47. The van der Waals surface area contributed by atoms with Crippen molar-refractivity contribution in [3.05, 3.63) is 65.2 Å². The van der Waals surface area contributed by atoms with E-state index in [1.807, 2.05) is 12.1 Å². The third-order valence-electron chi connectivity index (χ3n) is 6.56. The Morgan fingerprint density at radius 1 is 0.903 bits per heavy atom. The molecule has 0 atom stereocenters. The van der Waals surface area contributed by atoms with Crippen LogP contribution in [0.3, 0.4) is 0 Å². The van der Waals surface area contributed by atoms with Gasteiger partial charge in [0.15, 0.2) is 0 Å². The Labute approximate surface area is 186 Å². The first-order chi connectivity index (χ1) is 15.2. The van der Waals surface area contributed by atoms with Crippen molar-refractivity contribution in [2.24, 2.45) is 5.92 Å². The van der Waals surface area contributed by atoms with Crippen molar-refractivity contribution in [1.82, 2.24) is 15.1 Å². The minimum absolute atomic E-state index is 0.120.